The number of amides is 1. The summed E-state index contributed by atoms with van der Waals surface area (Å²) < 4.78 is 0. The molecule has 76 valence electrons. The maximum Gasteiger partial charge on any atom is 0.255 e. The second-order valence-electron chi connectivity index (χ2n) is 3.29. The van der Waals surface area contributed by atoms with E-state index in [1.54, 1.807) is 24.4 Å². The molecule has 2 N–H and O–H groups in total. The fourth-order valence-corrected chi connectivity index (χ4v) is 1.46. The van der Waals surface area contributed by atoms with Crippen molar-refractivity contribution in [3.8, 4) is 0 Å². The van der Waals surface area contributed by atoms with E-state index in [4.69, 9.17) is 0 Å². The van der Waals surface area contributed by atoms with E-state index < -0.39 is 0 Å². The van der Waals surface area contributed by atoms with Crippen LogP contribution < -0.4 is 10.9 Å². The first-order valence-corrected chi connectivity index (χ1v) is 4.56. The Morgan fingerprint density at radius 1 is 1.33 bits per heavy atom. The molecule has 0 saturated carbocycles. The van der Waals surface area contributed by atoms with Crippen LogP contribution in [0.2, 0.25) is 0 Å². The van der Waals surface area contributed by atoms with Crippen molar-refractivity contribution in [2.45, 2.75) is 6.92 Å². The van der Waals surface area contributed by atoms with Gasteiger partial charge in [0.15, 0.2) is 0 Å². The number of benzene rings is 1. The maximum atomic E-state index is 11.4. The lowest BCUT2D eigenvalue weighted by Gasteiger charge is -2.02. The third-order valence-corrected chi connectivity index (χ3v) is 2.10. The standard InChI is InChI=1S/C11H10N2O2/c1-7(14)13-9-3-2-8-4-5-12-11(15)10(8)6-9/h2-6H,1H3,(H,12,15)(H,13,14). The van der Waals surface area contributed by atoms with Gasteiger partial charge in [-0.05, 0) is 23.6 Å². The first kappa shape index (κ1) is 9.45. The van der Waals surface area contributed by atoms with Gasteiger partial charge in [0.1, 0.15) is 0 Å². The highest BCUT2D eigenvalue weighted by atomic mass is 16.1. The Labute approximate surface area is 85.9 Å². The molecule has 0 aliphatic rings. The van der Waals surface area contributed by atoms with Gasteiger partial charge in [-0.3, -0.25) is 9.59 Å². The summed E-state index contributed by atoms with van der Waals surface area (Å²) in [4.78, 5) is 24.9. The number of aromatic amines is 1. The zero-order valence-corrected chi connectivity index (χ0v) is 8.20. The van der Waals surface area contributed by atoms with Crippen molar-refractivity contribution >= 4 is 22.4 Å². The van der Waals surface area contributed by atoms with Crippen LogP contribution in [0.1, 0.15) is 6.92 Å². The minimum Gasteiger partial charge on any atom is -0.329 e. The van der Waals surface area contributed by atoms with Crippen LogP contribution in [0.15, 0.2) is 35.3 Å². The molecular formula is C11H10N2O2. The molecule has 0 aliphatic heterocycles. The number of carbonyl (C=O) groups is 1. The number of hydrogen-bond acceptors (Lipinski definition) is 2. The van der Waals surface area contributed by atoms with Crippen molar-refractivity contribution in [2.75, 3.05) is 5.32 Å². The molecule has 0 radical (unpaired) electrons. The van der Waals surface area contributed by atoms with Crippen molar-refractivity contribution in [3.63, 3.8) is 0 Å². The average molecular weight is 202 g/mol. The number of fused-ring (bicyclic) bond motifs is 1. The Hall–Kier alpha value is -2.10. The van der Waals surface area contributed by atoms with Crippen LogP contribution in [-0.2, 0) is 4.79 Å². The van der Waals surface area contributed by atoms with E-state index >= 15 is 0 Å². The lowest BCUT2D eigenvalue weighted by atomic mass is 10.1. The van der Waals surface area contributed by atoms with Gasteiger partial charge < -0.3 is 10.3 Å². The average Bonchev–Trinajstić information content (AvgIpc) is 2.18. The molecule has 1 aromatic carbocycles. The number of rotatable bonds is 1. The SMILES string of the molecule is CC(=O)Nc1ccc2cc[nH]c(=O)c2c1. The molecule has 0 bridgehead atoms. The summed E-state index contributed by atoms with van der Waals surface area (Å²) in [6, 6.07) is 7.04. The zero-order chi connectivity index (χ0) is 10.8. The number of nitrogens with one attached hydrogen (secondary N) is 2. The van der Waals surface area contributed by atoms with Crippen LogP contribution in [0, 0.1) is 0 Å². The van der Waals surface area contributed by atoms with E-state index in [2.05, 4.69) is 10.3 Å². The predicted octanol–water partition coefficient (Wildman–Crippen LogP) is 1.49. The van der Waals surface area contributed by atoms with Gasteiger partial charge in [-0.2, -0.15) is 0 Å². The lowest BCUT2D eigenvalue weighted by Crippen LogP contribution is -2.08. The highest BCUT2D eigenvalue weighted by molar-refractivity contribution is 5.92. The number of aromatic nitrogens is 1. The van der Waals surface area contributed by atoms with Gasteiger partial charge in [-0.1, -0.05) is 6.07 Å². The van der Waals surface area contributed by atoms with Crippen LogP contribution in [0.3, 0.4) is 0 Å². The molecule has 1 heterocycles. The van der Waals surface area contributed by atoms with E-state index in [0.717, 1.165) is 5.39 Å². The molecule has 1 aromatic heterocycles. The quantitative estimate of drug-likeness (QED) is 0.735. The van der Waals surface area contributed by atoms with Crippen molar-refractivity contribution < 1.29 is 4.79 Å². The topological polar surface area (TPSA) is 62.0 Å². The van der Waals surface area contributed by atoms with Crippen LogP contribution in [0.4, 0.5) is 5.69 Å². The normalized spacial score (nSPS) is 10.2. The van der Waals surface area contributed by atoms with Gasteiger partial charge in [0.25, 0.3) is 5.56 Å². The Balaban J connectivity index is 2.59. The zero-order valence-electron chi connectivity index (χ0n) is 8.20. The highest BCUT2D eigenvalue weighted by Crippen LogP contribution is 2.15. The second-order valence-corrected chi connectivity index (χ2v) is 3.29. The minimum atomic E-state index is -0.153. The smallest absolute Gasteiger partial charge is 0.255 e. The molecule has 0 aliphatic carbocycles. The summed E-state index contributed by atoms with van der Waals surface area (Å²) in [5.74, 6) is -0.151. The number of H-pyrrole nitrogens is 1. The van der Waals surface area contributed by atoms with E-state index in [1.807, 2.05) is 6.07 Å². The third-order valence-electron chi connectivity index (χ3n) is 2.10. The lowest BCUT2D eigenvalue weighted by molar-refractivity contribution is -0.114. The highest BCUT2D eigenvalue weighted by Gasteiger charge is 2.00. The molecule has 1 amide bonds. The van der Waals surface area contributed by atoms with Crippen LogP contribution in [0.25, 0.3) is 10.8 Å². The second kappa shape index (κ2) is 3.57. The van der Waals surface area contributed by atoms with Crippen LogP contribution in [0.5, 0.6) is 0 Å². The summed E-state index contributed by atoms with van der Waals surface area (Å²) in [6.07, 6.45) is 1.60. The molecule has 0 fully saturated rings. The fourth-order valence-electron chi connectivity index (χ4n) is 1.46. The maximum absolute atomic E-state index is 11.4. The Morgan fingerprint density at radius 2 is 2.13 bits per heavy atom. The molecule has 0 saturated heterocycles. The van der Waals surface area contributed by atoms with Gasteiger partial charge in [0.05, 0.1) is 0 Å². The van der Waals surface area contributed by atoms with E-state index in [9.17, 15) is 9.59 Å². The first-order valence-electron chi connectivity index (χ1n) is 4.56. The summed E-state index contributed by atoms with van der Waals surface area (Å²) in [6.45, 7) is 1.43. The molecule has 4 heteroatoms. The Kier molecular flexibility index (Phi) is 2.25. The van der Waals surface area contributed by atoms with E-state index in [0.29, 0.717) is 11.1 Å². The van der Waals surface area contributed by atoms with Gasteiger partial charge in [-0.25, -0.2) is 0 Å². The minimum absolute atomic E-state index is 0.151. The third kappa shape index (κ3) is 1.88. The molecule has 2 rings (SSSR count). The van der Waals surface area contributed by atoms with Gasteiger partial charge in [0, 0.05) is 24.2 Å². The molecule has 2 aromatic rings. The predicted molar refractivity (Wildman–Crippen MR) is 58.9 cm³/mol. The number of pyridine rings is 1. The van der Waals surface area contributed by atoms with Gasteiger partial charge in [-0.15, -0.1) is 0 Å². The monoisotopic (exact) mass is 202 g/mol. The Morgan fingerprint density at radius 3 is 2.87 bits per heavy atom. The Bertz CT molecular complexity index is 572. The van der Waals surface area contributed by atoms with Crippen molar-refractivity contribution in [1.29, 1.82) is 0 Å². The van der Waals surface area contributed by atoms with Gasteiger partial charge >= 0.3 is 0 Å². The molecule has 15 heavy (non-hydrogen) atoms. The fraction of sp³-hybridized carbons (Fsp3) is 0.0909. The molecule has 4 nitrogen and oxygen atoms in total. The summed E-state index contributed by atoms with van der Waals surface area (Å²) >= 11 is 0. The van der Waals surface area contributed by atoms with E-state index in [1.165, 1.54) is 6.92 Å². The van der Waals surface area contributed by atoms with Crippen molar-refractivity contribution in [1.82, 2.24) is 4.98 Å². The summed E-state index contributed by atoms with van der Waals surface area (Å²) in [5.41, 5.74) is 0.478. The number of anilines is 1. The molecule has 0 unspecified atom stereocenters. The first-order chi connectivity index (χ1) is 7.16. The summed E-state index contributed by atoms with van der Waals surface area (Å²) in [7, 11) is 0. The molecule has 0 spiro atoms. The van der Waals surface area contributed by atoms with Crippen LogP contribution in [-0.4, -0.2) is 10.9 Å². The van der Waals surface area contributed by atoms with Gasteiger partial charge in [0.2, 0.25) is 5.91 Å². The van der Waals surface area contributed by atoms with Crippen LogP contribution >= 0.6 is 0 Å². The van der Waals surface area contributed by atoms with Crippen molar-refractivity contribution in [3.05, 3.63) is 40.8 Å². The van der Waals surface area contributed by atoms with E-state index in [-0.39, 0.29) is 11.5 Å². The largest absolute Gasteiger partial charge is 0.329 e. The summed E-state index contributed by atoms with van der Waals surface area (Å²) in [5, 5.41) is 4.06. The number of carbonyl (C=O) groups excluding carboxylic acids is 1. The van der Waals surface area contributed by atoms with Crippen molar-refractivity contribution in [2.24, 2.45) is 0 Å². The molecule has 0 atom stereocenters. The number of hydrogen-bond donors (Lipinski definition) is 2. The molecular weight excluding hydrogens is 192 g/mol.